The van der Waals surface area contributed by atoms with Crippen LogP contribution in [0.3, 0.4) is 0 Å². The van der Waals surface area contributed by atoms with Crippen LogP contribution in [-0.2, 0) is 21.9 Å². The average Bonchev–Trinajstić information content (AvgIpc) is 2.52. The van der Waals surface area contributed by atoms with Crippen LogP contribution in [-0.4, -0.2) is 31.8 Å². The summed E-state index contributed by atoms with van der Waals surface area (Å²) in [5.41, 5.74) is -3.00. The number of ether oxygens (including phenoxy) is 2. The highest BCUT2D eigenvalue weighted by Crippen LogP contribution is 2.38. The number of benzene rings is 1. The second-order valence-electron chi connectivity index (χ2n) is 5.48. The van der Waals surface area contributed by atoms with Crippen molar-refractivity contribution in [3.63, 3.8) is 0 Å². The zero-order chi connectivity index (χ0) is 18.7. The molecule has 1 aliphatic rings. The highest BCUT2D eigenvalue weighted by atomic mass is 19.4. The molecule has 0 saturated carbocycles. The molecule has 1 N–H and O–H groups in total. The fourth-order valence-electron chi connectivity index (χ4n) is 2.27. The smallest absolute Gasteiger partial charge is 0.416 e. The number of nitrogens with one attached hydrogen (secondary N) is 1. The van der Waals surface area contributed by atoms with E-state index >= 15 is 0 Å². The number of carbonyl (C=O) groups excluding carboxylic acids is 1. The van der Waals surface area contributed by atoms with E-state index in [1.807, 2.05) is 0 Å². The number of hydrogen-bond donors (Lipinski definition) is 1. The summed E-state index contributed by atoms with van der Waals surface area (Å²) in [6.07, 6.45) is -8.78. The van der Waals surface area contributed by atoms with E-state index in [4.69, 9.17) is 9.47 Å². The van der Waals surface area contributed by atoms with Crippen molar-refractivity contribution >= 4 is 5.91 Å². The maximum atomic E-state index is 12.7. The molecule has 0 radical (unpaired) electrons. The number of hydrogen-bond acceptors (Lipinski definition) is 3. The summed E-state index contributed by atoms with van der Waals surface area (Å²) < 4.78 is 86.3. The molecule has 1 aliphatic heterocycles. The summed E-state index contributed by atoms with van der Waals surface area (Å²) in [5.74, 6) is -1.30. The molecule has 1 saturated heterocycles. The van der Waals surface area contributed by atoms with Gasteiger partial charge in [-0.15, -0.1) is 0 Å². The molecule has 0 aliphatic carbocycles. The van der Waals surface area contributed by atoms with Gasteiger partial charge in [0, 0.05) is 19.3 Å². The Morgan fingerprint density at radius 2 is 1.56 bits per heavy atom. The van der Waals surface area contributed by atoms with Gasteiger partial charge in [0.25, 0.3) is 5.91 Å². The first-order valence-corrected chi connectivity index (χ1v) is 7.35. The number of carbonyl (C=O) groups is 1. The van der Waals surface area contributed by atoms with Crippen LogP contribution in [0.4, 0.5) is 26.3 Å². The molecule has 0 spiro atoms. The highest BCUT2D eigenvalue weighted by molar-refractivity contribution is 5.77. The lowest BCUT2D eigenvalue weighted by molar-refractivity contribution is -0.143. The SMILES string of the molecule is O=C(COc1cc(C(F)(F)F)cc(C(F)(F)F)c1)NC1CCOCC1. The van der Waals surface area contributed by atoms with Gasteiger partial charge in [0.15, 0.2) is 6.61 Å². The lowest BCUT2D eigenvalue weighted by atomic mass is 10.1. The van der Waals surface area contributed by atoms with Crippen molar-refractivity contribution in [1.82, 2.24) is 5.32 Å². The Morgan fingerprint density at radius 3 is 2.04 bits per heavy atom. The first kappa shape index (κ1) is 19.4. The first-order valence-electron chi connectivity index (χ1n) is 7.35. The van der Waals surface area contributed by atoms with Crippen molar-refractivity contribution in [3.8, 4) is 5.75 Å². The molecule has 0 bridgehead atoms. The molecule has 10 heteroatoms. The number of rotatable bonds is 4. The van der Waals surface area contributed by atoms with Crippen LogP contribution >= 0.6 is 0 Å². The van der Waals surface area contributed by atoms with Gasteiger partial charge in [0.1, 0.15) is 5.75 Å². The van der Waals surface area contributed by atoms with Crippen LogP contribution in [0.15, 0.2) is 18.2 Å². The summed E-state index contributed by atoms with van der Waals surface area (Å²) >= 11 is 0. The van der Waals surface area contributed by atoms with Gasteiger partial charge in [-0.25, -0.2) is 0 Å². The average molecular weight is 371 g/mol. The van der Waals surface area contributed by atoms with Crippen LogP contribution in [0.2, 0.25) is 0 Å². The molecule has 0 unspecified atom stereocenters. The van der Waals surface area contributed by atoms with Crippen molar-refractivity contribution < 1.29 is 40.6 Å². The Bertz CT molecular complexity index is 576. The molecule has 1 fully saturated rings. The molecule has 0 aromatic heterocycles. The Hall–Kier alpha value is -1.97. The number of halogens is 6. The molecule has 1 aromatic carbocycles. The van der Waals surface area contributed by atoms with Gasteiger partial charge in [-0.3, -0.25) is 4.79 Å². The second-order valence-corrected chi connectivity index (χ2v) is 5.48. The quantitative estimate of drug-likeness (QED) is 0.826. The van der Waals surface area contributed by atoms with Gasteiger partial charge < -0.3 is 14.8 Å². The summed E-state index contributed by atoms with van der Waals surface area (Å²) in [5, 5.41) is 2.59. The van der Waals surface area contributed by atoms with Gasteiger partial charge in [-0.05, 0) is 31.0 Å². The van der Waals surface area contributed by atoms with Crippen LogP contribution in [0.25, 0.3) is 0 Å². The Kier molecular flexibility index (Phi) is 5.81. The fraction of sp³-hybridized carbons (Fsp3) is 0.533. The van der Waals surface area contributed by atoms with Gasteiger partial charge in [0.05, 0.1) is 11.1 Å². The third-order valence-corrected chi connectivity index (χ3v) is 3.52. The molecule has 4 nitrogen and oxygen atoms in total. The highest BCUT2D eigenvalue weighted by Gasteiger charge is 2.37. The van der Waals surface area contributed by atoms with E-state index in [1.165, 1.54) is 0 Å². The van der Waals surface area contributed by atoms with Crippen molar-refractivity contribution in [3.05, 3.63) is 29.3 Å². The Balaban J connectivity index is 2.06. The van der Waals surface area contributed by atoms with Crippen LogP contribution < -0.4 is 10.1 Å². The van der Waals surface area contributed by atoms with E-state index in [9.17, 15) is 31.1 Å². The minimum absolute atomic E-state index is 0.00500. The molecule has 1 heterocycles. The van der Waals surface area contributed by atoms with Crippen molar-refractivity contribution in [2.45, 2.75) is 31.2 Å². The van der Waals surface area contributed by atoms with Crippen molar-refractivity contribution in [1.29, 1.82) is 0 Å². The van der Waals surface area contributed by atoms with Crippen molar-refractivity contribution in [2.75, 3.05) is 19.8 Å². The third-order valence-electron chi connectivity index (χ3n) is 3.52. The zero-order valence-corrected chi connectivity index (χ0v) is 12.8. The topological polar surface area (TPSA) is 47.6 Å². The minimum Gasteiger partial charge on any atom is -0.484 e. The molecule has 25 heavy (non-hydrogen) atoms. The summed E-state index contributed by atoms with van der Waals surface area (Å²) in [6.45, 7) is 0.249. The predicted molar refractivity (Wildman–Crippen MR) is 73.9 cm³/mol. The van der Waals surface area contributed by atoms with Gasteiger partial charge >= 0.3 is 12.4 Å². The van der Waals surface area contributed by atoms with Gasteiger partial charge in [0.2, 0.25) is 0 Å². The maximum absolute atomic E-state index is 12.7. The molecular weight excluding hydrogens is 356 g/mol. The molecule has 0 atom stereocenters. The van der Waals surface area contributed by atoms with Crippen molar-refractivity contribution in [2.24, 2.45) is 0 Å². The monoisotopic (exact) mass is 371 g/mol. The molecule has 140 valence electrons. The largest absolute Gasteiger partial charge is 0.484 e. The minimum atomic E-state index is -4.97. The molecule has 2 rings (SSSR count). The maximum Gasteiger partial charge on any atom is 0.416 e. The van der Waals surface area contributed by atoms with E-state index in [0.717, 1.165) is 0 Å². The number of alkyl halides is 6. The summed E-state index contributed by atoms with van der Waals surface area (Å²) in [4.78, 5) is 11.7. The van der Waals surface area contributed by atoms with Crippen LogP contribution in [0.1, 0.15) is 24.0 Å². The zero-order valence-electron chi connectivity index (χ0n) is 12.8. The Labute approximate surface area is 139 Å². The number of amides is 1. The Morgan fingerprint density at radius 1 is 1.04 bits per heavy atom. The normalized spacial score (nSPS) is 16.6. The van der Waals surface area contributed by atoms with E-state index in [2.05, 4.69) is 5.32 Å². The second kappa shape index (κ2) is 7.51. The predicted octanol–water partition coefficient (Wildman–Crippen LogP) is 3.40. The van der Waals surface area contributed by atoms with E-state index in [0.29, 0.717) is 38.2 Å². The van der Waals surface area contributed by atoms with E-state index in [-0.39, 0.29) is 12.1 Å². The molecular formula is C15H15F6NO3. The molecule has 1 amide bonds. The lowest BCUT2D eigenvalue weighted by Gasteiger charge is -2.23. The van der Waals surface area contributed by atoms with E-state index < -0.39 is 41.7 Å². The fourth-order valence-corrected chi connectivity index (χ4v) is 2.27. The summed E-state index contributed by atoms with van der Waals surface area (Å²) in [6, 6.07) is 0.695. The summed E-state index contributed by atoms with van der Waals surface area (Å²) in [7, 11) is 0. The first-order chi connectivity index (χ1) is 11.6. The lowest BCUT2D eigenvalue weighted by Crippen LogP contribution is -2.41. The standard InChI is InChI=1S/C15H15F6NO3/c16-14(17,18)9-5-10(15(19,20)21)7-12(6-9)25-8-13(23)22-11-1-3-24-4-2-11/h5-7,11H,1-4,8H2,(H,22,23). The van der Waals surface area contributed by atoms with Crippen LogP contribution in [0, 0.1) is 0 Å². The molecule has 1 aromatic rings. The van der Waals surface area contributed by atoms with Crippen LogP contribution in [0.5, 0.6) is 5.75 Å². The van der Waals surface area contributed by atoms with E-state index in [1.54, 1.807) is 0 Å². The third kappa shape index (κ3) is 5.80. The van der Waals surface area contributed by atoms with Gasteiger partial charge in [-0.1, -0.05) is 0 Å². The van der Waals surface area contributed by atoms with Gasteiger partial charge in [-0.2, -0.15) is 26.3 Å².